The Hall–Kier alpha value is -0.300. The SMILES string of the molecule is CC/C=C\[N+]1(C)CCCC1. The van der Waals surface area contributed by atoms with Crippen molar-refractivity contribution in [3.8, 4) is 0 Å². The predicted octanol–water partition coefficient (Wildman–Crippen LogP) is 2.15. The van der Waals surface area contributed by atoms with E-state index in [1.807, 2.05) is 0 Å². The van der Waals surface area contributed by atoms with Crippen LogP contribution >= 0.6 is 0 Å². The number of rotatable bonds is 2. The van der Waals surface area contributed by atoms with Crippen molar-refractivity contribution in [1.29, 1.82) is 0 Å². The van der Waals surface area contributed by atoms with Gasteiger partial charge in [0.2, 0.25) is 0 Å². The zero-order valence-corrected chi connectivity index (χ0v) is 7.14. The average molecular weight is 140 g/mol. The van der Waals surface area contributed by atoms with Gasteiger partial charge < -0.3 is 0 Å². The highest BCUT2D eigenvalue weighted by atomic mass is 15.3. The third-order valence-corrected chi connectivity index (χ3v) is 2.29. The lowest BCUT2D eigenvalue weighted by Crippen LogP contribution is -2.34. The predicted molar refractivity (Wildman–Crippen MR) is 44.6 cm³/mol. The first kappa shape index (κ1) is 7.80. The quantitative estimate of drug-likeness (QED) is 0.516. The number of hydrogen-bond acceptors (Lipinski definition) is 0. The van der Waals surface area contributed by atoms with Crippen molar-refractivity contribution in [2.45, 2.75) is 26.2 Å². The van der Waals surface area contributed by atoms with Crippen molar-refractivity contribution in [2.24, 2.45) is 0 Å². The van der Waals surface area contributed by atoms with E-state index < -0.39 is 0 Å². The Morgan fingerprint density at radius 1 is 1.30 bits per heavy atom. The van der Waals surface area contributed by atoms with Crippen molar-refractivity contribution < 1.29 is 4.48 Å². The van der Waals surface area contributed by atoms with E-state index in [-0.39, 0.29) is 0 Å². The Morgan fingerprint density at radius 2 is 1.90 bits per heavy atom. The summed E-state index contributed by atoms with van der Waals surface area (Å²) in [7, 11) is 2.32. The summed E-state index contributed by atoms with van der Waals surface area (Å²) in [6.45, 7) is 4.88. The molecule has 0 aromatic heterocycles. The highest BCUT2D eigenvalue weighted by Gasteiger charge is 2.23. The molecule has 0 unspecified atom stereocenters. The number of quaternary nitrogens is 1. The Morgan fingerprint density at radius 3 is 2.40 bits per heavy atom. The molecule has 58 valence electrons. The summed E-state index contributed by atoms with van der Waals surface area (Å²) >= 11 is 0. The van der Waals surface area contributed by atoms with Gasteiger partial charge in [0.15, 0.2) is 0 Å². The van der Waals surface area contributed by atoms with Crippen LogP contribution in [0.5, 0.6) is 0 Å². The molecule has 0 N–H and O–H groups in total. The zero-order chi connectivity index (χ0) is 7.45. The molecule has 1 heterocycles. The molecule has 0 aliphatic carbocycles. The van der Waals surface area contributed by atoms with Gasteiger partial charge in [-0.3, -0.25) is 4.48 Å². The summed E-state index contributed by atoms with van der Waals surface area (Å²) < 4.78 is 1.17. The van der Waals surface area contributed by atoms with Gasteiger partial charge in [-0.25, -0.2) is 0 Å². The molecule has 10 heavy (non-hydrogen) atoms. The molecule has 1 saturated heterocycles. The highest BCUT2D eigenvalue weighted by Crippen LogP contribution is 2.16. The topological polar surface area (TPSA) is 0 Å². The molecule has 1 nitrogen and oxygen atoms in total. The fourth-order valence-electron chi connectivity index (χ4n) is 1.57. The first-order valence-corrected chi connectivity index (χ1v) is 4.29. The Labute approximate surface area is 63.9 Å². The van der Waals surface area contributed by atoms with E-state index in [1.54, 1.807) is 0 Å². The Balaban J connectivity index is 2.43. The number of nitrogens with zero attached hydrogens (tertiary/aromatic N) is 1. The van der Waals surface area contributed by atoms with Crippen molar-refractivity contribution in [3.05, 3.63) is 12.3 Å². The van der Waals surface area contributed by atoms with Gasteiger partial charge in [-0.15, -0.1) is 0 Å². The van der Waals surface area contributed by atoms with Gasteiger partial charge in [-0.1, -0.05) is 6.92 Å². The van der Waals surface area contributed by atoms with Crippen LogP contribution < -0.4 is 0 Å². The number of likely N-dealkylation sites (tertiary alicyclic amines) is 1. The highest BCUT2D eigenvalue weighted by molar-refractivity contribution is 4.73. The minimum Gasteiger partial charge on any atom is -0.300 e. The molecule has 1 aliphatic heterocycles. The first-order valence-electron chi connectivity index (χ1n) is 4.29. The maximum absolute atomic E-state index is 2.35. The molecular weight excluding hydrogens is 122 g/mol. The molecule has 1 fully saturated rings. The van der Waals surface area contributed by atoms with E-state index in [9.17, 15) is 0 Å². The standard InChI is InChI=1S/C9H18N/c1-3-4-7-10(2)8-5-6-9-10/h4,7H,3,5-6,8-9H2,1-2H3/q+1/b7-4-. The summed E-state index contributed by atoms with van der Waals surface area (Å²) in [6, 6.07) is 0. The van der Waals surface area contributed by atoms with Gasteiger partial charge >= 0.3 is 0 Å². The lowest BCUT2D eigenvalue weighted by atomic mass is 10.4. The van der Waals surface area contributed by atoms with Crippen LogP contribution in [0.2, 0.25) is 0 Å². The van der Waals surface area contributed by atoms with Crippen LogP contribution in [0.15, 0.2) is 12.3 Å². The van der Waals surface area contributed by atoms with Crippen molar-refractivity contribution in [1.82, 2.24) is 0 Å². The Kier molecular flexibility index (Phi) is 2.50. The number of hydrogen-bond donors (Lipinski definition) is 0. The van der Waals surface area contributed by atoms with Gasteiger partial charge in [0.25, 0.3) is 0 Å². The second-order valence-electron chi connectivity index (χ2n) is 3.43. The summed E-state index contributed by atoms with van der Waals surface area (Å²) in [5.41, 5.74) is 0. The van der Waals surface area contributed by atoms with Gasteiger partial charge in [0.05, 0.1) is 26.3 Å². The fourth-order valence-corrected chi connectivity index (χ4v) is 1.57. The van der Waals surface area contributed by atoms with Crippen molar-refractivity contribution in [2.75, 3.05) is 20.1 Å². The smallest absolute Gasteiger partial charge is 0.0915 e. The third kappa shape index (κ3) is 1.84. The van der Waals surface area contributed by atoms with Crippen LogP contribution in [0, 0.1) is 0 Å². The molecule has 1 rings (SSSR count). The van der Waals surface area contributed by atoms with E-state index in [0.29, 0.717) is 0 Å². The molecule has 0 saturated carbocycles. The van der Waals surface area contributed by atoms with E-state index in [1.165, 1.54) is 36.8 Å². The zero-order valence-electron chi connectivity index (χ0n) is 7.14. The molecule has 0 radical (unpaired) electrons. The lowest BCUT2D eigenvalue weighted by molar-refractivity contribution is -0.846. The number of allylic oxidation sites excluding steroid dienone is 1. The third-order valence-electron chi connectivity index (χ3n) is 2.29. The van der Waals surface area contributed by atoms with Gasteiger partial charge in [-0.2, -0.15) is 0 Å². The Bertz CT molecular complexity index is 121. The van der Waals surface area contributed by atoms with Crippen LogP contribution in [0.3, 0.4) is 0 Å². The lowest BCUT2D eigenvalue weighted by Gasteiger charge is -2.23. The van der Waals surface area contributed by atoms with Crippen LogP contribution in [0.25, 0.3) is 0 Å². The second kappa shape index (κ2) is 3.20. The van der Waals surface area contributed by atoms with Crippen LogP contribution in [0.4, 0.5) is 0 Å². The molecule has 0 bridgehead atoms. The molecular formula is C9H18N+. The minimum atomic E-state index is 1.17. The largest absolute Gasteiger partial charge is 0.300 e. The summed E-state index contributed by atoms with van der Waals surface area (Å²) in [6.07, 6.45) is 8.63. The van der Waals surface area contributed by atoms with Crippen molar-refractivity contribution in [3.63, 3.8) is 0 Å². The minimum absolute atomic E-state index is 1.17. The van der Waals surface area contributed by atoms with E-state index in [4.69, 9.17) is 0 Å². The first-order chi connectivity index (χ1) is 4.77. The molecule has 0 aromatic rings. The maximum Gasteiger partial charge on any atom is 0.0915 e. The molecule has 0 atom stereocenters. The monoisotopic (exact) mass is 140 g/mol. The summed E-state index contributed by atoms with van der Waals surface area (Å²) in [4.78, 5) is 0. The van der Waals surface area contributed by atoms with Gasteiger partial charge in [0, 0.05) is 12.8 Å². The second-order valence-corrected chi connectivity index (χ2v) is 3.43. The van der Waals surface area contributed by atoms with Crippen LogP contribution in [-0.4, -0.2) is 24.6 Å². The molecule has 0 spiro atoms. The molecule has 0 aromatic carbocycles. The summed E-state index contributed by atoms with van der Waals surface area (Å²) in [5, 5.41) is 0. The van der Waals surface area contributed by atoms with E-state index in [0.717, 1.165) is 0 Å². The van der Waals surface area contributed by atoms with Gasteiger partial charge in [-0.05, 0) is 12.5 Å². The molecule has 1 aliphatic rings. The van der Waals surface area contributed by atoms with Crippen molar-refractivity contribution >= 4 is 0 Å². The van der Waals surface area contributed by atoms with Crippen LogP contribution in [-0.2, 0) is 0 Å². The molecule has 1 heteroatoms. The molecule has 0 amide bonds. The normalized spacial score (nSPS) is 24.2. The average Bonchev–Trinajstić information content (AvgIpc) is 2.33. The maximum atomic E-state index is 2.35. The van der Waals surface area contributed by atoms with Crippen LogP contribution in [0.1, 0.15) is 26.2 Å². The van der Waals surface area contributed by atoms with Gasteiger partial charge in [0.1, 0.15) is 0 Å². The fraction of sp³-hybridized carbons (Fsp3) is 0.778. The summed E-state index contributed by atoms with van der Waals surface area (Å²) in [5.74, 6) is 0. The van der Waals surface area contributed by atoms with E-state index in [2.05, 4.69) is 26.2 Å². The van der Waals surface area contributed by atoms with E-state index >= 15 is 0 Å².